The number of primary amides is 1. The molecule has 1 aliphatic heterocycles. The Morgan fingerprint density at radius 2 is 1.68 bits per heavy atom. The van der Waals surface area contributed by atoms with Gasteiger partial charge >= 0.3 is 6.03 Å². The van der Waals surface area contributed by atoms with Crippen LogP contribution in [0.3, 0.4) is 0 Å². The summed E-state index contributed by atoms with van der Waals surface area (Å²) in [4.78, 5) is 24.3. The summed E-state index contributed by atoms with van der Waals surface area (Å²) in [5.74, 6) is 0.0532. The summed E-state index contributed by atoms with van der Waals surface area (Å²) in [6.07, 6.45) is 0. The van der Waals surface area contributed by atoms with Crippen LogP contribution in [-0.4, -0.2) is 62.3 Å². The van der Waals surface area contributed by atoms with Crippen molar-refractivity contribution in [3.63, 3.8) is 0 Å². The molecule has 0 saturated carbocycles. The molecule has 0 bridgehead atoms. The molecule has 1 aliphatic rings. The lowest BCUT2D eigenvalue weighted by molar-refractivity contribution is -0.131. The van der Waals surface area contributed by atoms with Gasteiger partial charge in [0.25, 0.3) is 0 Å². The average Bonchev–Trinajstić information content (AvgIpc) is 2.59. The number of hydrogen-bond acceptors (Lipinski definition) is 4. The van der Waals surface area contributed by atoms with Gasteiger partial charge in [-0.25, -0.2) is 13.2 Å². The van der Waals surface area contributed by atoms with Crippen LogP contribution in [0.25, 0.3) is 0 Å². The summed E-state index contributed by atoms with van der Waals surface area (Å²) < 4.78 is 26.8. The maximum Gasteiger partial charge on any atom is 0.312 e. The Kier molecular flexibility index (Phi) is 6.02. The molecule has 3 amide bonds. The lowest BCUT2D eigenvalue weighted by Gasteiger charge is -2.34. The van der Waals surface area contributed by atoms with Crippen LogP contribution >= 0.6 is 0 Å². The van der Waals surface area contributed by atoms with Crippen LogP contribution in [0.15, 0.2) is 29.2 Å². The highest BCUT2D eigenvalue weighted by molar-refractivity contribution is 7.89. The third-order valence-electron chi connectivity index (χ3n) is 4.19. The highest BCUT2D eigenvalue weighted by Crippen LogP contribution is 2.21. The monoisotopic (exact) mass is 368 g/mol. The van der Waals surface area contributed by atoms with Crippen LogP contribution in [0.1, 0.15) is 25.3 Å². The van der Waals surface area contributed by atoms with E-state index in [1.54, 1.807) is 12.1 Å². The Balaban J connectivity index is 1.99. The highest BCUT2D eigenvalue weighted by atomic mass is 32.2. The second-order valence-electron chi connectivity index (χ2n) is 6.23. The van der Waals surface area contributed by atoms with Crippen LogP contribution in [0.4, 0.5) is 4.79 Å². The number of nitrogens with zero attached hydrogens (tertiary/aromatic N) is 2. The van der Waals surface area contributed by atoms with E-state index < -0.39 is 16.1 Å². The maximum atomic E-state index is 12.7. The van der Waals surface area contributed by atoms with Crippen molar-refractivity contribution in [1.82, 2.24) is 14.5 Å². The van der Waals surface area contributed by atoms with Crippen molar-refractivity contribution in [2.24, 2.45) is 5.73 Å². The molecule has 0 unspecified atom stereocenters. The number of hydrogen-bond donors (Lipinski definition) is 2. The molecule has 25 heavy (non-hydrogen) atoms. The molecule has 0 radical (unpaired) electrons. The van der Waals surface area contributed by atoms with Gasteiger partial charge in [-0.15, -0.1) is 0 Å². The molecule has 1 aromatic rings. The van der Waals surface area contributed by atoms with Gasteiger partial charge in [-0.05, 0) is 23.6 Å². The summed E-state index contributed by atoms with van der Waals surface area (Å²) in [5.41, 5.74) is 6.01. The lowest BCUT2D eigenvalue weighted by atomic mass is 10.0. The third-order valence-corrected chi connectivity index (χ3v) is 6.10. The average molecular weight is 368 g/mol. The van der Waals surface area contributed by atoms with Gasteiger partial charge in [0.15, 0.2) is 0 Å². The van der Waals surface area contributed by atoms with E-state index in [0.717, 1.165) is 5.56 Å². The first-order valence-electron chi connectivity index (χ1n) is 8.13. The van der Waals surface area contributed by atoms with E-state index in [2.05, 4.69) is 5.32 Å². The maximum absolute atomic E-state index is 12.7. The number of benzene rings is 1. The van der Waals surface area contributed by atoms with Gasteiger partial charge in [-0.1, -0.05) is 26.0 Å². The van der Waals surface area contributed by atoms with Crippen LogP contribution in [0, 0.1) is 0 Å². The zero-order valence-corrected chi connectivity index (χ0v) is 15.3. The largest absolute Gasteiger partial charge is 0.352 e. The molecule has 0 aromatic heterocycles. The van der Waals surface area contributed by atoms with Crippen molar-refractivity contribution in [3.8, 4) is 0 Å². The Morgan fingerprint density at radius 1 is 1.12 bits per heavy atom. The van der Waals surface area contributed by atoms with Gasteiger partial charge in [-0.3, -0.25) is 4.79 Å². The summed E-state index contributed by atoms with van der Waals surface area (Å²) in [6, 6.07) is 6.14. The molecule has 1 heterocycles. The lowest BCUT2D eigenvalue weighted by Crippen LogP contribution is -2.52. The summed E-state index contributed by atoms with van der Waals surface area (Å²) in [6.45, 7) is 4.91. The number of nitrogens with one attached hydrogen (secondary N) is 1. The van der Waals surface area contributed by atoms with E-state index in [4.69, 9.17) is 5.73 Å². The number of rotatable bonds is 5. The SMILES string of the molecule is CC(C)c1ccc(S(=O)(=O)N2CCN(C(=O)CNC(N)=O)CC2)cc1. The molecule has 1 fully saturated rings. The predicted molar refractivity (Wildman–Crippen MR) is 93.5 cm³/mol. The molecule has 1 saturated heterocycles. The topological polar surface area (TPSA) is 113 Å². The molecule has 138 valence electrons. The highest BCUT2D eigenvalue weighted by Gasteiger charge is 2.30. The quantitative estimate of drug-likeness (QED) is 0.779. The van der Waals surface area contributed by atoms with Gasteiger partial charge in [0.2, 0.25) is 15.9 Å². The predicted octanol–water partition coefficient (Wildman–Crippen LogP) is 0.311. The first-order valence-corrected chi connectivity index (χ1v) is 9.57. The van der Waals surface area contributed by atoms with E-state index in [1.807, 2.05) is 26.0 Å². The number of carbonyl (C=O) groups is 2. The minimum absolute atomic E-state index is 0.182. The Bertz CT molecular complexity index is 723. The van der Waals surface area contributed by atoms with Crippen molar-refractivity contribution in [3.05, 3.63) is 29.8 Å². The van der Waals surface area contributed by atoms with E-state index in [9.17, 15) is 18.0 Å². The minimum atomic E-state index is -3.57. The molecule has 9 heteroatoms. The van der Waals surface area contributed by atoms with E-state index in [0.29, 0.717) is 5.92 Å². The van der Waals surface area contributed by atoms with Crippen LogP contribution in [0.2, 0.25) is 0 Å². The van der Waals surface area contributed by atoms with Crippen molar-refractivity contribution in [1.29, 1.82) is 0 Å². The zero-order valence-electron chi connectivity index (χ0n) is 14.4. The van der Waals surface area contributed by atoms with E-state index in [1.165, 1.54) is 9.21 Å². The Labute approximate surface area is 148 Å². The fourth-order valence-corrected chi connectivity index (χ4v) is 4.05. The zero-order chi connectivity index (χ0) is 18.6. The Hall–Kier alpha value is -2.13. The van der Waals surface area contributed by atoms with E-state index in [-0.39, 0.29) is 43.5 Å². The summed E-state index contributed by atoms with van der Waals surface area (Å²) in [7, 11) is -3.57. The van der Waals surface area contributed by atoms with Gasteiger partial charge in [0, 0.05) is 26.2 Å². The van der Waals surface area contributed by atoms with Crippen molar-refractivity contribution < 1.29 is 18.0 Å². The number of carbonyl (C=O) groups excluding carboxylic acids is 2. The number of piperazine rings is 1. The van der Waals surface area contributed by atoms with Crippen LogP contribution in [0.5, 0.6) is 0 Å². The van der Waals surface area contributed by atoms with Gasteiger partial charge in [0.05, 0.1) is 11.4 Å². The normalized spacial score (nSPS) is 16.0. The molecule has 8 nitrogen and oxygen atoms in total. The summed E-state index contributed by atoms with van der Waals surface area (Å²) in [5, 5.41) is 2.24. The second kappa shape index (κ2) is 7.83. The molecule has 3 N–H and O–H groups in total. The van der Waals surface area contributed by atoms with Crippen molar-refractivity contribution in [2.45, 2.75) is 24.7 Å². The van der Waals surface area contributed by atoms with Crippen molar-refractivity contribution in [2.75, 3.05) is 32.7 Å². The van der Waals surface area contributed by atoms with Crippen LogP contribution in [-0.2, 0) is 14.8 Å². The summed E-state index contributed by atoms with van der Waals surface area (Å²) >= 11 is 0. The number of amides is 3. The molecule has 2 rings (SSSR count). The second-order valence-corrected chi connectivity index (χ2v) is 8.16. The third kappa shape index (κ3) is 4.70. The minimum Gasteiger partial charge on any atom is -0.352 e. The number of urea groups is 1. The number of nitrogens with two attached hydrogens (primary N) is 1. The van der Waals surface area contributed by atoms with Crippen LogP contribution < -0.4 is 11.1 Å². The number of sulfonamides is 1. The fourth-order valence-electron chi connectivity index (χ4n) is 2.63. The van der Waals surface area contributed by atoms with Gasteiger partial charge < -0.3 is 16.0 Å². The van der Waals surface area contributed by atoms with Gasteiger partial charge in [-0.2, -0.15) is 4.31 Å². The molecule has 1 aromatic carbocycles. The first-order chi connectivity index (χ1) is 11.7. The van der Waals surface area contributed by atoms with E-state index >= 15 is 0 Å². The Morgan fingerprint density at radius 3 is 2.16 bits per heavy atom. The fraction of sp³-hybridized carbons (Fsp3) is 0.500. The van der Waals surface area contributed by atoms with Gasteiger partial charge in [0.1, 0.15) is 0 Å². The molecule has 0 spiro atoms. The smallest absolute Gasteiger partial charge is 0.312 e. The standard InChI is InChI=1S/C16H24N4O4S/c1-12(2)13-3-5-14(6-4-13)25(23,24)20-9-7-19(8-10-20)15(21)11-18-16(17)22/h3-6,12H,7-11H2,1-2H3,(H3,17,18,22). The van der Waals surface area contributed by atoms with Crippen molar-refractivity contribution >= 4 is 22.0 Å². The molecule has 0 atom stereocenters. The molecule has 0 aliphatic carbocycles. The molecular weight excluding hydrogens is 344 g/mol. The first kappa shape index (κ1) is 19.2. The molecular formula is C16H24N4O4S.